The molecule has 0 spiro atoms. The highest BCUT2D eigenvalue weighted by atomic mass is 19.4. The predicted molar refractivity (Wildman–Crippen MR) is 90.1 cm³/mol. The molecule has 138 valence electrons. The summed E-state index contributed by atoms with van der Waals surface area (Å²) in [6, 6.07) is 10.7. The van der Waals surface area contributed by atoms with Crippen LogP contribution in [0, 0.1) is 10.1 Å². The maximum Gasteiger partial charge on any atom is 0.433 e. The van der Waals surface area contributed by atoms with E-state index in [0.29, 0.717) is 16.7 Å². The van der Waals surface area contributed by atoms with E-state index in [4.69, 9.17) is 0 Å². The smallest absolute Gasteiger partial charge is 0.433 e. The SMILES string of the molecule is O=[N+]([O-])c1c(-c2cccc(-c3ccc(C(F)(F)F)nc3)c2)ccc(O)c1O. The summed E-state index contributed by atoms with van der Waals surface area (Å²) in [5.74, 6) is -1.49. The van der Waals surface area contributed by atoms with Crippen LogP contribution in [-0.4, -0.2) is 20.1 Å². The zero-order chi connectivity index (χ0) is 19.8. The van der Waals surface area contributed by atoms with Gasteiger partial charge in [0, 0.05) is 11.8 Å². The maximum absolute atomic E-state index is 12.6. The first kappa shape index (κ1) is 18.2. The van der Waals surface area contributed by atoms with Crippen LogP contribution in [0.2, 0.25) is 0 Å². The van der Waals surface area contributed by atoms with Crippen LogP contribution >= 0.6 is 0 Å². The van der Waals surface area contributed by atoms with Crippen molar-refractivity contribution in [3.05, 3.63) is 70.5 Å². The summed E-state index contributed by atoms with van der Waals surface area (Å²) in [6.45, 7) is 0. The van der Waals surface area contributed by atoms with Gasteiger partial charge in [0.15, 0.2) is 5.75 Å². The number of alkyl halides is 3. The van der Waals surface area contributed by atoms with E-state index in [1.54, 1.807) is 18.2 Å². The fraction of sp³-hybridized carbons (Fsp3) is 0.0556. The van der Waals surface area contributed by atoms with Gasteiger partial charge in [-0.2, -0.15) is 13.2 Å². The predicted octanol–water partition coefficient (Wildman–Crippen LogP) is 4.75. The molecule has 0 aliphatic rings. The minimum absolute atomic E-state index is 0.0528. The molecule has 0 unspecified atom stereocenters. The van der Waals surface area contributed by atoms with Crippen LogP contribution < -0.4 is 0 Å². The Labute approximate surface area is 150 Å². The van der Waals surface area contributed by atoms with E-state index >= 15 is 0 Å². The summed E-state index contributed by atoms with van der Waals surface area (Å²) in [4.78, 5) is 13.8. The molecule has 2 aromatic carbocycles. The lowest BCUT2D eigenvalue weighted by molar-refractivity contribution is -0.385. The Morgan fingerprint density at radius 1 is 0.963 bits per heavy atom. The van der Waals surface area contributed by atoms with Crippen molar-refractivity contribution in [2.45, 2.75) is 6.18 Å². The third kappa shape index (κ3) is 3.52. The molecule has 27 heavy (non-hydrogen) atoms. The average molecular weight is 376 g/mol. The van der Waals surface area contributed by atoms with Gasteiger partial charge in [0.05, 0.1) is 10.5 Å². The number of nitrogens with zero attached hydrogens (tertiary/aromatic N) is 2. The van der Waals surface area contributed by atoms with Gasteiger partial charge in [-0.25, -0.2) is 0 Å². The molecule has 0 aliphatic heterocycles. The summed E-state index contributed by atoms with van der Waals surface area (Å²) in [5, 5.41) is 30.6. The lowest BCUT2D eigenvalue weighted by Crippen LogP contribution is -2.07. The minimum Gasteiger partial charge on any atom is -0.504 e. The normalized spacial score (nSPS) is 11.4. The van der Waals surface area contributed by atoms with Gasteiger partial charge in [-0.15, -0.1) is 0 Å². The van der Waals surface area contributed by atoms with Crippen LogP contribution in [0.3, 0.4) is 0 Å². The highest BCUT2D eigenvalue weighted by molar-refractivity contribution is 5.82. The van der Waals surface area contributed by atoms with Crippen LogP contribution in [0.4, 0.5) is 18.9 Å². The molecule has 0 saturated carbocycles. The monoisotopic (exact) mass is 376 g/mol. The first-order valence-corrected chi connectivity index (χ1v) is 7.52. The van der Waals surface area contributed by atoms with Crippen LogP contribution in [0.1, 0.15) is 5.69 Å². The number of benzene rings is 2. The molecule has 0 aliphatic carbocycles. The summed E-state index contributed by atoms with van der Waals surface area (Å²) in [6.07, 6.45) is -3.49. The van der Waals surface area contributed by atoms with Gasteiger partial charge in [-0.05, 0) is 35.4 Å². The van der Waals surface area contributed by atoms with E-state index in [0.717, 1.165) is 18.3 Å². The molecule has 0 bridgehead atoms. The Morgan fingerprint density at radius 2 is 1.67 bits per heavy atom. The number of nitro benzene ring substituents is 1. The van der Waals surface area contributed by atoms with Crippen LogP contribution in [-0.2, 0) is 6.18 Å². The molecule has 0 saturated heterocycles. The van der Waals surface area contributed by atoms with E-state index in [-0.39, 0.29) is 5.56 Å². The first-order valence-electron chi connectivity index (χ1n) is 7.52. The van der Waals surface area contributed by atoms with Crippen LogP contribution in [0.25, 0.3) is 22.3 Å². The fourth-order valence-corrected chi connectivity index (χ4v) is 2.59. The number of pyridine rings is 1. The van der Waals surface area contributed by atoms with Crippen molar-refractivity contribution in [2.75, 3.05) is 0 Å². The maximum atomic E-state index is 12.6. The number of phenols is 2. The zero-order valence-electron chi connectivity index (χ0n) is 13.4. The Hall–Kier alpha value is -3.62. The second-order valence-electron chi connectivity index (χ2n) is 5.60. The molecule has 3 aromatic rings. The van der Waals surface area contributed by atoms with E-state index in [1.807, 2.05) is 0 Å². The second-order valence-corrected chi connectivity index (χ2v) is 5.60. The number of aromatic nitrogens is 1. The summed E-state index contributed by atoms with van der Waals surface area (Å²) in [5.41, 5.74) is -0.434. The first-order chi connectivity index (χ1) is 12.7. The third-order valence-corrected chi connectivity index (χ3v) is 3.87. The summed E-state index contributed by atoms with van der Waals surface area (Å²) >= 11 is 0. The van der Waals surface area contributed by atoms with Crippen LogP contribution in [0.15, 0.2) is 54.7 Å². The fourth-order valence-electron chi connectivity index (χ4n) is 2.59. The summed E-state index contributed by atoms with van der Waals surface area (Å²) in [7, 11) is 0. The lowest BCUT2D eigenvalue weighted by Gasteiger charge is -2.09. The Bertz CT molecular complexity index is 1020. The molecule has 0 atom stereocenters. The lowest BCUT2D eigenvalue weighted by atomic mass is 9.98. The topological polar surface area (TPSA) is 96.5 Å². The van der Waals surface area contributed by atoms with Crippen molar-refractivity contribution >= 4 is 5.69 Å². The molecule has 2 N–H and O–H groups in total. The van der Waals surface area contributed by atoms with E-state index in [1.165, 1.54) is 18.2 Å². The molecular formula is C18H11F3N2O4. The largest absolute Gasteiger partial charge is 0.504 e. The Balaban J connectivity index is 2.07. The average Bonchev–Trinajstić information content (AvgIpc) is 2.63. The quantitative estimate of drug-likeness (QED) is 0.390. The van der Waals surface area contributed by atoms with E-state index < -0.39 is 34.0 Å². The van der Waals surface area contributed by atoms with Crippen molar-refractivity contribution in [3.8, 4) is 33.8 Å². The van der Waals surface area contributed by atoms with Gasteiger partial charge in [0.1, 0.15) is 5.69 Å². The van der Waals surface area contributed by atoms with Crippen LogP contribution in [0.5, 0.6) is 11.5 Å². The minimum atomic E-state index is -4.55. The van der Waals surface area contributed by atoms with Gasteiger partial charge < -0.3 is 10.2 Å². The molecule has 0 radical (unpaired) electrons. The van der Waals surface area contributed by atoms with E-state index in [2.05, 4.69) is 4.98 Å². The molecule has 0 amide bonds. The number of nitro groups is 1. The van der Waals surface area contributed by atoms with Gasteiger partial charge >= 0.3 is 11.9 Å². The highest BCUT2D eigenvalue weighted by Gasteiger charge is 2.32. The zero-order valence-corrected chi connectivity index (χ0v) is 13.4. The molecular weight excluding hydrogens is 365 g/mol. The summed E-state index contributed by atoms with van der Waals surface area (Å²) < 4.78 is 37.9. The second kappa shape index (κ2) is 6.60. The standard InChI is InChI=1S/C18H11F3N2O4/c19-18(20,21)15-7-4-12(9-22-15)10-2-1-3-11(8-10)13-5-6-14(24)17(25)16(13)23(26)27/h1-9,24-25H. The van der Waals surface area contributed by atoms with Gasteiger partial charge in [0.25, 0.3) is 0 Å². The highest BCUT2D eigenvalue weighted by Crippen LogP contribution is 2.43. The molecule has 9 heteroatoms. The Kier molecular flexibility index (Phi) is 4.44. The number of rotatable bonds is 3. The van der Waals surface area contributed by atoms with Crippen molar-refractivity contribution in [1.82, 2.24) is 4.98 Å². The van der Waals surface area contributed by atoms with Crippen molar-refractivity contribution in [3.63, 3.8) is 0 Å². The molecule has 6 nitrogen and oxygen atoms in total. The number of phenolic OH excluding ortho intramolecular Hbond substituents is 2. The van der Waals surface area contributed by atoms with Gasteiger partial charge in [0.2, 0.25) is 5.75 Å². The van der Waals surface area contributed by atoms with Gasteiger partial charge in [-0.1, -0.05) is 24.3 Å². The number of hydrogen-bond acceptors (Lipinski definition) is 5. The Morgan fingerprint density at radius 3 is 2.26 bits per heavy atom. The molecule has 1 heterocycles. The molecule has 1 aromatic heterocycles. The van der Waals surface area contributed by atoms with Gasteiger partial charge in [-0.3, -0.25) is 15.1 Å². The van der Waals surface area contributed by atoms with E-state index in [9.17, 15) is 33.5 Å². The molecule has 3 rings (SSSR count). The van der Waals surface area contributed by atoms with Crippen molar-refractivity contribution in [2.24, 2.45) is 0 Å². The number of hydrogen-bond donors (Lipinski definition) is 2. The van der Waals surface area contributed by atoms with Crippen molar-refractivity contribution < 1.29 is 28.3 Å². The van der Waals surface area contributed by atoms with Crippen molar-refractivity contribution in [1.29, 1.82) is 0 Å². The third-order valence-electron chi connectivity index (χ3n) is 3.87. The molecule has 0 fully saturated rings. The number of aromatic hydroxyl groups is 2. The number of halogens is 3.